The van der Waals surface area contributed by atoms with Gasteiger partial charge >= 0.3 is 0 Å². The first-order valence-electron chi connectivity index (χ1n) is 13.1. The van der Waals surface area contributed by atoms with Crippen LogP contribution in [0.5, 0.6) is 0 Å². The molecule has 1 aromatic heterocycles. The monoisotopic (exact) mass is 536 g/mol. The molecule has 0 bridgehead atoms. The maximum absolute atomic E-state index is 13.5. The predicted octanol–water partition coefficient (Wildman–Crippen LogP) is 4.13. The van der Waals surface area contributed by atoms with Gasteiger partial charge in [-0.3, -0.25) is 9.59 Å². The average molecular weight is 537 g/mol. The number of aromatic nitrogens is 2. The number of nitrogens with zero attached hydrogens (tertiary/aromatic N) is 2. The molecule has 0 spiro atoms. The largest absolute Gasteiger partial charge is 0.391 e. The molecule has 0 aliphatic rings. The van der Waals surface area contributed by atoms with Crippen LogP contribution < -0.4 is 10.6 Å². The Hall–Kier alpha value is -3.10. The van der Waals surface area contributed by atoms with Gasteiger partial charge < -0.3 is 20.3 Å². The van der Waals surface area contributed by atoms with E-state index in [9.17, 15) is 14.7 Å². The van der Waals surface area contributed by atoms with E-state index in [1.165, 1.54) is 0 Å². The number of hydrogen-bond acceptors (Lipinski definition) is 5. The van der Waals surface area contributed by atoms with Gasteiger partial charge in [-0.05, 0) is 58.1 Å². The Morgan fingerprint density at radius 1 is 1.00 bits per heavy atom. The van der Waals surface area contributed by atoms with Gasteiger partial charge in [0.25, 0.3) is 0 Å². The highest BCUT2D eigenvalue weighted by molar-refractivity contribution is 7.82. The van der Waals surface area contributed by atoms with Crippen molar-refractivity contribution in [3.63, 3.8) is 0 Å². The minimum atomic E-state index is -0.952. The number of aliphatic hydroxyl groups is 1. The zero-order valence-electron chi connectivity index (χ0n) is 22.7. The second kappa shape index (κ2) is 13.6. The van der Waals surface area contributed by atoms with Crippen LogP contribution >= 0.6 is 12.6 Å². The van der Waals surface area contributed by atoms with Crippen molar-refractivity contribution in [2.24, 2.45) is 5.92 Å². The van der Waals surface area contributed by atoms with E-state index in [0.29, 0.717) is 19.4 Å². The molecule has 2 amide bonds. The highest BCUT2D eigenvalue weighted by Crippen LogP contribution is 2.20. The van der Waals surface area contributed by atoms with Crippen molar-refractivity contribution < 1.29 is 14.7 Å². The third-order valence-corrected chi connectivity index (χ3v) is 6.79. The molecule has 0 fully saturated rings. The normalized spacial score (nSPS) is 14.1. The van der Waals surface area contributed by atoms with Crippen LogP contribution in [0, 0.1) is 5.92 Å². The van der Waals surface area contributed by atoms with Crippen LogP contribution in [0.25, 0.3) is 0 Å². The van der Waals surface area contributed by atoms with E-state index in [4.69, 9.17) is 0 Å². The van der Waals surface area contributed by atoms with E-state index in [2.05, 4.69) is 42.1 Å². The Morgan fingerprint density at radius 2 is 1.58 bits per heavy atom. The summed E-state index contributed by atoms with van der Waals surface area (Å²) >= 11 is 4.40. The summed E-state index contributed by atoms with van der Waals surface area (Å²) in [5, 5.41) is 17.4. The summed E-state index contributed by atoms with van der Waals surface area (Å²) in [6.07, 6.45) is 3.76. The molecule has 7 nitrogen and oxygen atoms in total. The maximum Gasteiger partial charge on any atom is 0.235 e. The van der Waals surface area contributed by atoms with E-state index >= 15 is 0 Å². The average Bonchev–Trinajstić information content (AvgIpc) is 3.36. The van der Waals surface area contributed by atoms with Crippen LogP contribution in [0.3, 0.4) is 0 Å². The number of nitrogens with one attached hydrogen (secondary N) is 2. The maximum atomic E-state index is 13.5. The second-order valence-corrected chi connectivity index (χ2v) is 11.7. The van der Waals surface area contributed by atoms with E-state index in [1.807, 2.05) is 71.4 Å². The summed E-state index contributed by atoms with van der Waals surface area (Å²) in [7, 11) is 0. The molecule has 0 unspecified atom stereocenters. The van der Waals surface area contributed by atoms with Gasteiger partial charge in [-0.2, -0.15) is 12.6 Å². The van der Waals surface area contributed by atoms with Crippen molar-refractivity contribution in [1.29, 1.82) is 0 Å². The van der Waals surface area contributed by atoms with Crippen LogP contribution in [0.2, 0.25) is 0 Å². The van der Waals surface area contributed by atoms with E-state index in [0.717, 1.165) is 17.0 Å². The van der Waals surface area contributed by atoms with Gasteiger partial charge in [0.05, 0.1) is 23.4 Å². The number of carbonyl (C=O) groups is 2. The molecular formula is C30H40N4O3S. The molecule has 1 heterocycles. The minimum absolute atomic E-state index is 0.162. The molecular weight excluding hydrogens is 496 g/mol. The number of carbonyl (C=O) groups excluding carboxylic acids is 2. The lowest BCUT2D eigenvalue weighted by Gasteiger charge is -2.30. The van der Waals surface area contributed by atoms with Crippen molar-refractivity contribution in [1.82, 2.24) is 20.2 Å². The molecule has 0 radical (unpaired) electrons. The number of rotatable bonds is 13. The fourth-order valence-electron chi connectivity index (χ4n) is 4.40. The number of imidazole rings is 1. The number of amides is 2. The molecule has 0 saturated heterocycles. The molecule has 3 aromatic rings. The van der Waals surface area contributed by atoms with Gasteiger partial charge in [-0.15, -0.1) is 0 Å². The lowest BCUT2D eigenvalue weighted by atomic mass is 9.88. The number of thiol groups is 1. The summed E-state index contributed by atoms with van der Waals surface area (Å²) in [5.41, 5.74) is 1.99. The van der Waals surface area contributed by atoms with Crippen LogP contribution in [0.4, 0.5) is 0 Å². The van der Waals surface area contributed by atoms with Gasteiger partial charge in [0.15, 0.2) is 0 Å². The lowest BCUT2D eigenvalue weighted by molar-refractivity contribution is -0.126. The van der Waals surface area contributed by atoms with Crippen molar-refractivity contribution in [3.05, 3.63) is 90.0 Å². The Bertz CT molecular complexity index is 1160. The van der Waals surface area contributed by atoms with E-state index in [1.54, 1.807) is 20.0 Å². The summed E-state index contributed by atoms with van der Waals surface area (Å²) in [6.45, 7) is 7.85. The predicted molar refractivity (Wildman–Crippen MR) is 154 cm³/mol. The first kappa shape index (κ1) is 29.5. The van der Waals surface area contributed by atoms with Crippen molar-refractivity contribution in [3.8, 4) is 0 Å². The molecule has 2 aromatic carbocycles. The number of hydrogen-bond donors (Lipinski definition) is 4. The summed E-state index contributed by atoms with van der Waals surface area (Å²) in [6, 6.07) is 19.1. The second-order valence-electron chi connectivity index (χ2n) is 10.6. The van der Waals surface area contributed by atoms with Gasteiger partial charge in [-0.1, -0.05) is 60.7 Å². The SMILES string of the molecule is CC(C)n1ccnc1CNC(=O)[C@H](Cc1ccccc1)C[C@H](O)[C@H](Cc1ccccc1)NC(=O)C(C)(C)S. The number of benzene rings is 2. The molecule has 3 N–H and O–H groups in total. The quantitative estimate of drug-likeness (QED) is 0.247. The van der Waals surface area contributed by atoms with Crippen LogP contribution in [0.1, 0.15) is 57.1 Å². The van der Waals surface area contributed by atoms with Crippen molar-refractivity contribution >= 4 is 24.4 Å². The van der Waals surface area contributed by atoms with Gasteiger partial charge in [0.2, 0.25) is 11.8 Å². The molecule has 0 saturated carbocycles. The third kappa shape index (κ3) is 8.74. The van der Waals surface area contributed by atoms with E-state index in [-0.39, 0.29) is 24.3 Å². The summed E-state index contributed by atoms with van der Waals surface area (Å²) in [5.74, 6) is -0.164. The first-order chi connectivity index (χ1) is 18.0. The molecule has 3 rings (SSSR count). The van der Waals surface area contributed by atoms with Gasteiger partial charge in [-0.25, -0.2) is 4.98 Å². The summed E-state index contributed by atoms with van der Waals surface area (Å²) in [4.78, 5) is 30.7. The molecule has 38 heavy (non-hydrogen) atoms. The van der Waals surface area contributed by atoms with E-state index < -0.39 is 22.8 Å². The molecule has 0 aliphatic carbocycles. The van der Waals surface area contributed by atoms with Crippen LogP contribution in [0.15, 0.2) is 73.1 Å². The Labute approximate surface area is 231 Å². The number of aliphatic hydroxyl groups excluding tert-OH is 1. The fraction of sp³-hybridized carbons (Fsp3) is 0.433. The highest BCUT2D eigenvalue weighted by Gasteiger charge is 2.32. The van der Waals surface area contributed by atoms with Crippen molar-refractivity contribution in [2.45, 2.75) is 76.4 Å². The molecule has 204 valence electrons. The van der Waals surface area contributed by atoms with Crippen molar-refractivity contribution in [2.75, 3.05) is 0 Å². The van der Waals surface area contributed by atoms with Crippen LogP contribution in [-0.4, -0.2) is 43.4 Å². The Balaban J connectivity index is 1.79. The zero-order valence-corrected chi connectivity index (χ0v) is 23.6. The topological polar surface area (TPSA) is 96.2 Å². The zero-order chi connectivity index (χ0) is 27.7. The molecule has 8 heteroatoms. The standard InChI is InChI=1S/C30H40N4O3S/c1-21(2)34-16-15-31-27(34)20-32-28(36)24(17-22-11-7-5-8-12-22)19-26(35)25(33-29(37)30(3,4)38)18-23-13-9-6-10-14-23/h5-16,21,24-26,35,38H,17-20H2,1-4H3,(H,32,36)(H,33,37)/t24-,25+,26+/m1/s1. The highest BCUT2D eigenvalue weighted by atomic mass is 32.1. The minimum Gasteiger partial charge on any atom is -0.391 e. The van der Waals surface area contributed by atoms with Crippen LogP contribution in [-0.2, 0) is 29.0 Å². The molecule has 3 atom stereocenters. The fourth-order valence-corrected chi connectivity index (χ4v) is 4.46. The van der Waals surface area contributed by atoms with Gasteiger partial charge in [0.1, 0.15) is 5.82 Å². The smallest absolute Gasteiger partial charge is 0.235 e. The lowest BCUT2D eigenvalue weighted by Crippen LogP contribution is -2.51. The summed E-state index contributed by atoms with van der Waals surface area (Å²) < 4.78 is 1.11. The first-order valence-corrected chi connectivity index (χ1v) is 13.6. The molecule has 0 aliphatic heterocycles. The van der Waals surface area contributed by atoms with Gasteiger partial charge in [0, 0.05) is 24.4 Å². The Morgan fingerprint density at radius 3 is 2.13 bits per heavy atom. The third-order valence-electron chi connectivity index (χ3n) is 6.58. The Kier molecular flexibility index (Phi) is 10.6.